The molecule has 1 amide bonds. The van der Waals surface area contributed by atoms with Crippen LogP contribution >= 0.6 is 11.3 Å². The highest BCUT2D eigenvalue weighted by Gasteiger charge is 2.12. The molecule has 0 unspecified atom stereocenters. The second-order valence-corrected chi connectivity index (χ2v) is 7.39. The number of benzene rings is 1. The van der Waals surface area contributed by atoms with E-state index in [0.29, 0.717) is 17.8 Å². The molecule has 0 saturated carbocycles. The zero-order chi connectivity index (χ0) is 20.2. The van der Waals surface area contributed by atoms with Gasteiger partial charge in [0.2, 0.25) is 5.91 Å². The van der Waals surface area contributed by atoms with Crippen LogP contribution < -0.4 is 15.6 Å². The van der Waals surface area contributed by atoms with E-state index in [-0.39, 0.29) is 18.0 Å². The van der Waals surface area contributed by atoms with Gasteiger partial charge in [-0.15, -0.1) is 11.3 Å². The zero-order valence-electron chi connectivity index (χ0n) is 15.7. The van der Waals surface area contributed by atoms with Crippen LogP contribution in [0.15, 0.2) is 59.0 Å². The van der Waals surface area contributed by atoms with Gasteiger partial charge in [-0.1, -0.05) is 6.07 Å². The third-order valence-corrected chi connectivity index (χ3v) is 5.38. The molecule has 29 heavy (non-hydrogen) atoms. The first kappa shape index (κ1) is 18.9. The van der Waals surface area contributed by atoms with Crippen molar-refractivity contribution in [3.8, 4) is 17.0 Å². The summed E-state index contributed by atoms with van der Waals surface area (Å²) in [6.07, 6.45) is 2.20. The molecule has 4 aromatic rings. The molecule has 3 aromatic heterocycles. The van der Waals surface area contributed by atoms with Crippen molar-refractivity contribution in [3.63, 3.8) is 0 Å². The van der Waals surface area contributed by atoms with Crippen LogP contribution in [0.1, 0.15) is 4.88 Å². The summed E-state index contributed by atoms with van der Waals surface area (Å²) < 4.78 is 7.73. The van der Waals surface area contributed by atoms with Crippen LogP contribution in [0.3, 0.4) is 0 Å². The van der Waals surface area contributed by atoms with Crippen molar-refractivity contribution in [2.75, 3.05) is 13.7 Å². The van der Waals surface area contributed by atoms with Crippen LogP contribution in [0, 0.1) is 0 Å². The van der Waals surface area contributed by atoms with Crippen LogP contribution in [-0.4, -0.2) is 39.0 Å². The summed E-state index contributed by atoms with van der Waals surface area (Å²) in [6.45, 7) is 0.382. The van der Waals surface area contributed by atoms with Gasteiger partial charge in [-0.25, -0.2) is 9.20 Å². The molecule has 0 aliphatic heterocycles. The van der Waals surface area contributed by atoms with Gasteiger partial charge in [0.15, 0.2) is 0 Å². The standard InChI is InChI=1S/C20H19N5O3S/c1-28-15-6-4-14(5-7-15)17-11-18-20(27)24(22-13-25(18)23-17)12-19(26)21-9-8-16-3-2-10-29-16/h2-7,10-11,13H,8-9,12H2,1H3,(H,21,26). The Balaban J connectivity index is 1.48. The molecule has 0 spiro atoms. The maximum absolute atomic E-state index is 12.7. The molecule has 1 aromatic carbocycles. The summed E-state index contributed by atoms with van der Waals surface area (Å²) in [5.41, 5.74) is 1.49. The average molecular weight is 409 g/mol. The van der Waals surface area contributed by atoms with Crippen molar-refractivity contribution >= 4 is 22.8 Å². The number of amides is 1. The minimum atomic E-state index is -0.367. The molecule has 3 heterocycles. The Morgan fingerprint density at radius 2 is 2.07 bits per heavy atom. The summed E-state index contributed by atoms with van der Waals surface area (Å²) in [7, 11) is 1.60. The van der Waals surface area contributed by atoms with Crippen LogP contribution in [0.4, 0.5) is 0 Å². The fourth-order valence-electron chi connectivity index (χ4n) is 2.93. The normalized spacial score (nSPS) is 10.9. The first-order valence-corrected chi connectivity index (χ1v) is 9.91. The van der Waals surface area contributed by atoms with Crippen molar-refractivity contribution in [1.29, 1.82) is 0 Å². The topological polar surface area (TPSA) is 90.5 Å². The lowest BCUT2D eigenvalue weighted by Crippen LogP contribution is -2.35. The third kappa shape index (κ3) is 4.19. The van der Waals surface area contributed by atoms with E-state index in [1.807, 2.05) is 41.8 Å². The monoisotopic (exact) mass is 409 g/mol. The van der Waals surface area contributed by atoms with Crippen molar-refractivity contribution in [3.05, 3.63) is 69.4 Å². The number of thiophene rings is 1. The lowest BCUT2D eigenvalue weighted by Gasteiger charge is -2.06. The van der Waals surface area contributed by atoms with Crippen molar-refractivity contribution < 1.29 is 9.53 Å². The van der Waals surface area contributed by atoms with Gasteiger partial charge in [0.05, 0.1) is 12.8 Å². The van der Waals surface area contributed by atoms with Gasteiger partial charge < -0.3 is 10.1 Å². The van der Waals surface area contributed by atoms with Crippen molar-refractivity contribution in [2.24, 2.45) is 0 Å². The summed E-state index contributed by atoms with van der Waals surface area (Å²) >= 11 is 1.65. The van der Waals surface area contributed by atoms with E-state index in [1.54, 1.807) is 24.5 Å². The van der Waals surface area contributed by atoms with E-state index in [1.165, 1.54) is 15.7 Å². The van der Waals surface area contributed by atoms with Gasteiger partial charge in [-0.05, 0) is 48.2 Å². The molecule has 0 saturated heterocycles. The zero-order valence-corrected chi connectivity index (χ0v) is 16.6. The minimum Gasteiger partial charge on any atom is -0.497 e. The molecule has 0 fully saturated rings. The highest BCUT2D eigenvalue weighted by atomic mass is 32.1. The maximum Gasteiger partial charge on any atom is 0.293 e. The molecule has 148 valence electrons. The smallest absolute Gasteiger partial charge is 0.293 e. The summed E-state index contributed by atoms with van der Waals surface area (Å²) in [4.78, 5) is 26.1. The number of rotatable bonds is 7. The number of carbonyl (C=O) groups excluding carboxylic acids is 1. The lowest BCUT2D eigenvalue weighted by molar-refractivity contribution is -0.121. The molecule has 8 nitrogen and oxygen atoms in total. The fourth-order valence-corrected chi connectivity index (χ4v) is 3.63. The predicted octanol–water partition coefficient (Wildman–Crippen LogP) is 1.99. The number of methoxy groups -OCH3 is 1. The summed E-state index contributed by atoms with van der Waals surface area (Å²) in [5.74, 6) is 0.488. The fraction of sp³-hybridized carbons (Fsp3) is 0.200. The Labute approximate surface area is 170 Å². The Hall–Kier alpha value is -3.46. The van der Waals surface area contributed by atoms with Crippen LogP contribution in [-0.2, 0) is 17.8 Å². The SMILES string of the molecule is COc1ccc(-c2cc3c(=O)n(CC(=O)NCCc4cccs4)ncn3n2)cc1. The van der Waals surface area contributed by atoms with Crippen molar-refractivity contribution in [1.82, 2.24) is 24.7 Å². The molecule has 9 heteroatoms. The summed E-state index contributed by atoms with van der Waals surface area (Å²) in [5, 5.41) is 13.3. The Morgan fingerprint density at radius 3 is 2.79 bits per heavy atom. The van der Waals surface area contributed by atoms with E-state index in [4.69, 9.17) is 4.74 Å². The molecule has 0 atom stereocenters. The molecular weight excluding hydrogens is 390 g/mol. The number of nitrogens with zero attached hydrogens (tertiary/aromatic N) is 4. The Kier molecular flexibility index (Phi) is 5.39. The lowest BCUT2D eigenvalue weighted by atomic mass is 10.1. The summed E-state index contributed by atoms with van der Waals surface area (Å²) in [6, 6.07) is 13.1. The molecule has 0 aliphatic carbocycles. The number of carbonyl (C=O) groups is 1. The largest absolute Gasteiger partial charge is 0.497 e. The maximum atomic E-state index is 12.7. The van der Waals surface area contributed by atoms with E-state index >= 15 is 0 Å². The molecule has 0 aliphatic rings. The first-order valence-electron chi connectivity index (χ1n) is 9.03. The molecular formula is C20H19N5O3S. The predicted molar refractivity (Wildman–Crippen MR) is 110 cm³/mol. The second-order valence-electron chi connectivity index (χ2n) is 6.36. The number of hydrogen-bond donors (Lipinski definition) is 1. The number of hydrogen-bond acceptors (Lipinski definition) is 6. The number of nitrogens with one attached hydrogen (secondary N) is 1. The highest BCUT2D eigenvalue weighted by Crippen LogP contribution is 2.21. The van der Waals surface area contributed by atoms with Crippen LogP contribution in [0.25, 0.3) is 16.8 Å². The number of ether oxygens (including phenoxy) is 1. The van der Waals surface area contributed by atoms with E-state index in [2.05, 4.69) is 15.5 Å². The van der Waals surface area contributed by atoms with Gasteiger partial charge in [0.25, 0.3) is 5.56 Å². The molecule has 1 N–H and O–H groups in total. The Morgan fingerprint density at radius 1 is 1.24 bits per heavy atom. The Bertz CT molecular complexity index is 1180. The van der Waals surface area contributed by atoms with Gasteiger partial charge in [0.1, 0.15) is 24.1 Å². The highest BCUT2D eigenvalue weighted by molar-refractivity contribution is 7.09. The number of aromatic nitrogens is 4. The van der Waals surface area contributed by atoms with Gasteiger partial charge in [0, 0.05) is 17.0 Å². The van der Waals surface area contributed by atoms with E-state index in [9.17, 15) is 9.59 Å². The van der Waals surface area contributed by atoms with Gasteiger partial charge >= 0.3 is 0 Å². The number of fused-ring (bicyclic) bond motifs is 1. The molecule has 0 radical (unpaired) electrons. The van der Waals surface area contributed by atoms with Crippen LogP contribution in [0.2, 0.25) is 0 Å². The van der Waals surface area contributed by atoms with Crippen molar-refractivity contribution in [2.45, 2.75) is 13.0 Å². The van der Waals surface area contributed by atoms with Gasteiger partial charge in [-0.2, -0.15) is 10.2 Å². The van der Waals surface area contributed by atoms with Crippen LogP contribution in [0.5, 0.6) is 5.75 Å². The average Bonchev–Trinajstić information content (AvgIpc) is 3.40. The van der Waals surface area contributed by atoms with E-state index in [0.717, 1.165) is 22.4 Å². The minimum absolute atomic E-state index is 0.136. The first-order chi connectivity index (χ1) is 14.1. The molecule has 0 bridgehead atoms. The van der Waals surface area contributed by atoms with E-state index < -0.39 is 0 Å². The third-order valence-electron chi connectivity index (χ3n) is 4.44. The quantitative estimate of drug-likeness (QED) is 0.504. The molecule has 4 rings (SSSR count). The second kappa shape index (κ2) is 8.27. The van der Waals surface area contributed by atoms with Gasteiger partial charge in [-0.3, -0.25) is 9.59 Å².